The molecule has 0 bridgehead atoms. The molecular formula is C18H19ClFNO2. The topological polar surface area (TPSA) is 38.3 Å². The average molecular weight is 336 g/mol. The number of benzene rings is 2. The molecule has 0 saturated carbocycles. The summed E-state index contributed by atoms with van der Waals surface area (Å²) < 4.78 is 18.9. The summed E-state index contributed by atoms with van der Waals surface area (Å²) in [5.74, 6) is 0.116. The lowest BCUT2D eigenvalue weighted by Crippen LogP contribution is -2.30. The maximum Gasteiger partial charge on any atom is 0.265 e. The summed E-state index contributed by atoms with van der Waals surface area (Å²) in [6, 6.07) is 11.6. The molecule has 0 spiro atoms. The van der Waals surface area contributed by atoms with Crippen molar-refractivity contribution in [2.75, 3.05) is 5.32 Å². The van der Waals surface area contributed by atoms with Gasteiger partial charge in [-0.05, 0) is 42.7 Å². The molecule has 0 aliphatic rings. The van der Waals surface area contributed by atoms with Crippen LogP contribution in [0.3, 0.4) is 0 Å². The molecule has 0 fully saturated rings. The summed E-state index contributed by atoms with van der Waals surface area (Å²) in [6.45, 7) is 5.79. The molecule has 1 amide bonds. The smallest absolute Gasteiger partial charge is 0.265 e. The summed E-state index contributed by atoms with van der Waals surface area (Å²) in [5, 5.41) is 2.62. The number of halogens is 2. The lowest BCUT2D eigenvalue weighted by atomic mass is 10.0. The fraction of sp³-hybridized carbons (Fsp3) is 0.278. The molecule has 1 unspecified atom stereocenters. The Hall–Kier alpha value is -2.07. The number of carbonyl (C=O) groups is 1. The first-order chi connectivity index (χ1) is 10.9. The van der Waals surface area contributed by atoms with Crippen molar-refractivity contribution in [3.63, 3.8) is 0 Å². The first-order valence-corrected chi connectivity index (χ1v) is 7.77. The molecule has 1 N–H and O–H groups in total. The monoisotopic (exact) mass is 335 g/mol. The molecule has 23 heavy (non-hydrogen) atoms. The highest BCUT2D eigenvalue weighted by Gasteiger charge is 2.17. The third-order valence-corrected chi connectivity index (χ3v) is 3.69. The molecular weight excluding hydrogens is 317 g/mol. The van der Waals surface area contributed by atoms with Crippen molar-refractivity contribution >= 4 is 23.2 Å². The van der Waals surface area contributed by atoms with E-state index in [2.05, 4.69) is 19.2 Å². The number of ether oxygens (including phenoxy) is 1. The normalized spacial score (nSPS) is 12.1. The molecule has 2 rings (SSSR count). The second kappa shape index (κ2) is 7.47. The van der Waals surface area contributed by atoms with Gasteiger partial charge >= 0.3 is 0 Å². The molecule has 0 saturated heterocycles. The summed E-state index contributed by atoms with van der Waals surface area (Å²) in [5.41, 5.74) is 1.46. The van der Waals surface area contributed by atoms with Gasteiger partial charge in [0.05, 0.1) is 5.02 Å². The molecule has 1 atom stereocenters. The van der Waals surface area contributed by atoms with Crippen molar-refractivity contribution in [3.05, 3.63) is 58.9 Å². The fourth-order valence-electron chi connectivity index (χ4n) is 2.13. The minimum atomic E-state index is -0.696. The maximum atomic E-state index is 13.1. The van der Waals surface area contributed by atoms with Gasteiger partial charge in [-0.2, -0.15) is 0 Å². The lowest BCUT2D eigenvalue weighted by Gasteiger charge is -2.18. The minimum Gasteiger partial charge on any atom is -0.481 e. The Kier molecular flexibility index (Phi) is 5.61. The number of hydrogen-bond donors (Lipinski definition) is 1. The highest BCUT2D eigenvalue weighted by Crippen LogP contribution is 2.27. The number of carbonyl (C=O) groups excluding carboxylic acids is 1. The Labute approximate surface area is 140 Å². The van der Waals surface area contributed by atoms with Crippen molar-refractivity contribution < 1.29 is 13.9 Å². The molecule has 0 heterocycles. The lowest BCUT2D eigenvalue weighted by molar-refractivity contribution is -0.122. The largest absolute Gasteiger partial charge is 0.481 e. The van der Waals surface area contributed by atoms with Crippen molar-refractivity contribution in [3.8, 4) is 5.75 Å². The van der Waals surface area contributed by atoms with Gasteiger partial charge in [0.25, 0.3) is 5.91 Å². The molecule has 0 radical (unpaired) electrons. The van der Waals surface area contributed by atoms with Crippen LogP contribution in [0.5, 0.6) is 5.75 Å². The Morgan fingerprint density at radius 3 is 2.52 bits per heavy atom. The van der Waals surface area contributed by atoms with Crippen LogP contribution in [0, 0.1) is 5.82 Å². The number of anilines is 1. The molecule has 122 valence electrons. The average Bonchev–Trinajstić information content (AvgIpc) is 2.51. The Morgan fingerprint density at radius 1 is 1.17 bits per heavy atom. The minimum absolute atomic E-state index is 0.0403. The highest BCUT2D eigenvalue weighted by molar-refractivity contribution is 6.31. The van der Waals surface area contributed by atoms with Crippen molar-refractivity contribution in [1.82, 2.24) is 0 Å². The number of amides is 1. The van der Waals surface area contributed by atoms with Crippen LogP contribution in [0.1, 0.15) is 32.3 Å². The molecule has 5 heteroatoms. The summed E-state index contributed by atoms with van der Waals surface area (Å²) >= 11 is 5.70. The maximum absolute atomic E-state index is 13.1. The zero-order valence-electron chi connectivity index (χ0n) is 13.3. The second-order valence-electron chi connectivity index (χ2n) is 5.57. The molecule has 2 aromatic rings. The van der Waals surface area contributed by atoms with Gasteiger partial charge in [-0.25, -0.2) is 4.39 Å². The van der Waals surface area contributed by atoms with Gasteiger partial charge < -0.3 is 10.1 Å². The quantitative estimate of drug-likeness (QED) is 0.834. The Bertz CT molecular complexity index is 703. The number of hydrogen-bond acceptors (Lipinski definition) is 2. The van der Waals surface area contributed by atoms with E-state index in [0.717, 1.165) is 5.56 Å². The van der Waals surface area contributed by atoms with E-state index in [4.69, 9.17) is 16.3 Å². The van der Waals surface area contributed by atoms with Crippen LogP contribution in [0.15, 0.2) is 42.5 Å². The van der Waals surface area contributed by atoms with Gasteiger partial charge in [-0.15, -0.1) is 0 Å². The summed E-state index contributed by atoms with van der Waals surface area (Å²) in [4.78, 5) is 12.2. The predicted molar refractivity (Wildman–Crippen MR) is 90.7 cm³/mol. The van der Waals surface area contributed by atoms with E-state index in [-0.39, 0.29) is 16.8 Å². The summed E-state index contributed by atoms with van der Waals surface area (Å²) in [6.07, 6.45) is -0.696. The van der Waals surface area contributed by atoms with Gasteiger partial charge in [0.15, 0.2) is 6.10 Å². The van der Waals surface area contributed by atoms with Crippen LogP contribution >= 0.6 is 11.6 Å². The molecule has 2 aromatic carbocycles. The number of rotatable bonds is 5. The van der Waals surface area contributed by atoms with E-state index in [1.165, 1.54) is 18.2 Å². The van der Waals surface area contributed by atoms with E-state index in [1.807, 2.05) is 24.3 Å². The van der Waals surface area contributed by atoms with Gasteiger partial charge in [0, 0.05) is 5.69 Å². The first kappa shape index (κ1) is 17.3. The standard InChI is InChI=1S/C18H19ClFNO2/c1-11(2)14-6-4-5-7-17(14)23-12(3)18(22)21-13-8-9-16(20)15(19)10-13/h4-12H,1-3H3,(H,21,22). The summed E-state index contributed by atoms with van der Waals surface area (Å²) in [7, 11) is 0. The van der Waals surface area contributed by atoms with Gasteiger partial charge in [-0.3, -0.25) is 4.79 Å². The first-order valence-electron chi connectivity index (χ1n) is 7.40. The van der Waals surface area contributed by atoms with Gasteiger partial charge in [0.2, 0.25) is 0 Å². The molecule has 3 nitrogen and oxygen atoms in total. The predicted octanol–water partition coefficient (Wildman–Crippen LogP) is 5.01. The fourth-order valence-corrected chi connectivity index (χ4v) is 2.31. The van der Waals surface area contributed by atoms with E-state index in [0.29, 0.717) is 11.4 Å². The van der Waals surface area contributed by atoms with Crippen LogP contribution in [-0.4, -0.2) is 12.0 Å². The Morgan fingerprint density at radius 2 is 1.87 bits per heavy atom. The number of para-hydroxylation sites is 1. The van der Waals surface area contributed by atoms with E-state index >= 15 is 0 Å². The van der Waals surface area contributed by atoms with Crippen LogP contribution in [-0.2, 0) is 4.79 Å². The van der Waals surface area contributed by atoms with Crippen LogP contribution in [0.2, 0.25) is 5.02 Å². The van der Waals surface area contributed by atoms with Crippen molar-refractivity contribution in [1.29, 1.82) is 0 Å². The van der Waals surface area contributed by atoms with Crippen molar-refractivity contribution in [2.24, 2.45) is 0 Å². The second-order valence-corrected chi connectivity index (χ2v) is 5.98. The zero-order valence-corrected chi connectivity index (χ0v) is 14.0. The molecule has 0 aromatic heterocycles. The van der Waals surface area contributed by atoms with Crippen molar-refractivity contribution in [2.45, 2.75) is 32.8 Å². The molecule has 0 aliphatic heterocycles. The third-order valence-electron chi connectivity index (χ3n) is 3.40. The van der Waals surface area contributed by atoms with Crippen LogP contribution in [0.4, 0.5) is 10.1 Å². The Balaban J connectivity index is 2.07. The molecule has 0 aliphatic carbocycles. The van der Waals surface area contributed by atoms with E-state index < -0.39 is 11.9 Å². The van der Waals surface area contributed by atoms with Gasteiger partial charge in [0.1, 0.15) is 11.6 Å². The van der Waals surface area contributed by atoms with Crippen LogP contribution in [0.25, 0.3) is 0 Å². The van der Waals surface area contributed by atoms with Crippen LogP contribution < -0.4 is 10.1 Å². The highest BCUT2D eigenvalue weighted by atomic mass is 35.5. The van der Waals surface area contributed by atoms with Gasteiger partial charge in [-0.1, -0.05) is 43.6 Å². The third kappa shape index (κ3) is 4.45. The SMILES string of the molecule is CC(Oc1ccccc1C(C)C)C(=O)Nc1ccc(F)c(Cl)c1. The zero-order chi connectivity index (χ0) is 17.0. The number of nitrogens with one attached hydrogen (secondary N) is 1. The van der Waals surface area contributed by atoms with E-state index in [1.54, 1.807) is 6.92 Å². The van der Waals surface area contributed by atoms with E-state index in [9.17, 15) is 9.18 Å².